The topological polar surface area (TPSA) is 66.4 Å². The van der Waals surface area contributed by atoms with Gasteiger partial charge in [-0.25, -0.2) is 9.97 Å². The predicted octanol–water partition coefficient (Wildman–Crippen LogP) is 1.76. The average Bonchev–Trinajstić information content (AvgIpc) is 2.98. The molecule has 1 aromatic carbocycles. The van der Waals surface area contributed by atoms with Crippen LogP contribution in [0.4, 0.5) is 5.69 Å². The number of hydrogen-bond acceptors (Lipinski definition) is 4. The highest BCUT2D eigenvalue weighted by Gasteiger charge is 2.29. The number of amides is 2. The summed E-state index contributed by atoms with van der Waals surface area (Å²) in [5.41, 5.74) is 3.47. The van der Waals surface area contributed by atoms with Crippen molar-refractivity contribution in [3.05, 3.63) is 53.1 Å². The summed E-state index contributed by atoms with van der Waals surface area (Å²) in [6.45, 7) is 3.16. The summed E-state index contributed by atoms with van der Waals surface area (Å²) < 4.78 is 0. The number of carbonyl (C=O) groups excluding carboxylic acids is 2. The molecule has 0 saturated heterocycles. The Morgan fingerprint density at radius 1 is 1.20 bits per heavy atom. The first-order valence-corrected chi connectivity index (χ1v) is 8.63. The Hall–Kier alpha value is -2.76. The molecule has 0 aliphatic carbocycles. The molecule has 3 heterocycles. The molecule has 6 nitrogen and oxygen atoms in total. The van der Waals surface area contributed by atoms with Gasteiger partial charge in [0.05, 0.1) is 11.3 Å². The molecule has 128 valence electrons. The minimum Gasteiger partial charge on any atom is -0.329 e. The van der Waals surface area contributed by atoms with Crippen molar-refractivity contribution in [2.24, 2.45) is 0 Å². The van der Waals surface area contributed by atoms with Crippen LogP contribution in [0, 0.1) is 6.92 Å². The smallest absolute Gasteiger partial charge is 0.257 e. The summed E-state index contributed by atoms with van der Waals surface area (Å²) in [5, 5.41) is 0. The number of nitrogens with zero attached hydrogens (tertiary/aromatic N) is 4. The molecule has 0 unspecified atom stereocenters. The number of hydrogen-bond donors (Lipinski definition) is 0. The standard InChI is InChI=1S/C19H20N4O2/c1-13-20-11-15-16(21-13)6-4-9-22(19(15)25)12-18(24)23-10-8-14-5-2-3-7-17(14)23/h2-3,5,7,11H,4,6,8-10,12H2,1H3. The third-order valence-electron chi connectivity index (χ3n) is 4.86. The number of para-hydroxylation sites is 1. The lowest BCUT2D eigenvalue weighted by atomic mass is 10.1. The van der Waals surface area contributed by atoms with Gasteiger partial charge in [-0.3, -0.25) is 9.59 Å². The zero-order valence-electron chi connectivity index (χ0n) is 14.2. The van der Waals surface area contributed by atoms with Gasteiger partial charge in [0.15, 0.2) is 0 Å². The van der Waals surface area contributed by atoms with Crippen molar-refractivity contribution in [2.75, 3.05) is 24.5 Å². The van der Waals surface area contributed by atoms with Crippen LogP contribution in [0.2, 0.25) is 0 Å². The first kappa shape index (κ1) is 15.7. The number of carbonyl (C=O) groups is 2. The molecule has 25 heavy (non-hydrogen) atoms. The van der Waals surface area contributed by atoms with Gasteiger partial charge in [0.25, 0.3) is 5.91 Å². The molecule has 2 aliphatic heterocycles. The Kier molecular flexibility index (Phi) is 3.95. The average molecular weight is 336 g/mol. The van der Waals surface area contributed by atoms with E-state index >= 15 is 0 Å². The van der Waals surface area contributed by atoms with Crippen LogP contribution in [0.15, 0.2) is 30.5 Å². The molecule has 0 radical (unpaired) electrons. The monoisotopic (exact) mass is 336 g/mol. The van der Waals surface area contributed by atoms with E-state index in [1.54, 1.807) is 16.0 Å². The first-order chi connectivity index (χ1) is 12.1. The van der Waals surface area contributed by atoms with Crippen LogP contribution < -0.4 is 4.90 Å². The number of aromatic nitrogens is 2. The van der Waals surface area contributed by atoms with Gasteiger partial charge >= 0.3 is 0 Å². The van der Waals surface area contributed by atoms with Crippen LogP contribution >= 0.6 is 0 Å². The predicted molar refractivity (Wildman–Crippen MR) is 93.5 cm³/mol. The van der Waals surface area contributed by atoms with E-state index in [1.165, 1.54) is 5.56 Å². The van der Waals surface area contributed by atoms with E-state index in [0.29, 0.717) is 24.5 Å². The summed E-state index contributed by atoms with van der Waals surface area (Å²) in [4.78, 5) is 37.6. The molecule has 6 heteroatoms. The summed E-state index contributed by atoms with van der Waals surface area (Å²) in [7, 11) is 0. The maximum Gasteiger partial charge on any atom is 0.257 e. The van der Waals surface area contributed by atoms with E-state index in [9.17, 15) is 9.59 Å². The Morgan fingerprint density at radius 2 is 2.04 bits per heavy atom. The van der Waals surface area contributed by atoms with Crippen molar-refractivity contribution >= 4 is 17.5 Å². The minimum atomic E-state index is -0.145. The highest BCUT2D eigenvalue weighted by atomic mass is 16.2. The SMILES string of the molecule is Cc1ncc2c(n1)CCCN(CC(=O)N1CCc3ccccc31)C2=O. The van der Waals surface area contributed by atoms with Gasteiger partial charge in [-0.2, -0.15) is 0 Å². The van der Waals surface area contributed by atoms with E-state index < -0.39 is 0 Å². The number of aryl methyl sites for hydroxylation is 2. The van der Waals surface area contributed by atoms with Gasteiger partial charge in [-0.15, -0.1) is 0 Å². The molecular formula is C19H20N4O2. The molecule has 0 spiro atoms. The Bertz CT molecular complexity index is 849. The second-order valence-corrected chi connectivity index (χ2v) is 6.53. The molecule has 0 bridgehead atoms. The maximum atomic E-state index is 12.8. The summed E-state index contributed by atoms with van der Waals surface area (Å²) in [6, 6.07) is 7.95. The van der Waals surface area contributed by atoms with Crippen molar-refractivity contribution in [1.82, 2.24) is 14.9 Å². The lowest BCUT2D eigenvalue weighted by molar-refractivity contribution is -0.119. The zero-order valence-corrected chi connectivity index (χ0v) is 14.2. The van der Waals surface area contributed by atoms with Crippen LogP contribution in [0.25, 0.3) is 0 Å². The van der Waals surface area contributed by atoms with Crippen molar-refractivity contribution in [1.29, 1.82) is 0 Å². The van der Waals surface area contributed by atoms with E-state index in [2.05, 4.69) is 16.0 Å². The lowest BCUT2D eigenvalue weighted by Crippen LogP contribution is -2.42. The Labute approximate surface area is 146 Å². The first-order valence-electron chi connectivity index (χ1n) is 8.63. The van der Waals surface area contributed by atoms with Crippen molar-refractivity contribution in [3.8, 4) is 0 Å². The molecule has 2 amide bonds. The third-order valence-corrected chi connectivity index (χ3v) is 4.86. The Balaban J connectivity index is 1.54. The highest BCUT2D eigenvalue weighted by molar-refractivity contribution is 6.01. The molecule has 2 aliphatic rings. The van der Waals surface area contributed by atoms with E-state index in [-0.39, 0.29) is 18.4 Å². The van der Waals surface area contributed by atoms with Gasteiger partial charge in [0.1, 0.15) is 12.4 Å². The van der Waals surface area contributed by atoms with Gasteiger partial charge in [-0.1, -0.05) is 18.2 Å². The van der Waals surface area contributed by atoms with Crippen LogP contribution in [-0.4, -0.2) is 46.3 Å². The number of fused-ring (bicyclic) bond motifs is 2. The molecule has 0 atom stereocenters. The second kappa shape index (κ2) is 6.27. The zero-order chi connectivity index (χ0) is 17.4. The highest BCUT2D eigenvalue weighted by Crippen LogP contribution is 2.27. The van der Waals surface area contributed by atoms with E-state index in [0.717, 1.165) is 30.6 Å². The third kappa shape index (κ3) is 2.88. The summed E-state index contributed by atoms with van der Waals surface area (Å²) >= 11 is 0. The molecule has 2 aromatic rings. The Morgan fingerprint density at radius 3 is 2.92 bits per heavy atom. The normalized spacial score (nSPS) is 16.4. The lowest BCUT2D eigenvalue weighted by Gasteiger charge is -2.24. The number of rotatable bonds is 2. The van der Waals surface area contributed by atoms with Crippen molar-refractivity contribution in [3.63, 3.8) is 0 Å². The largest absolute Gasteiger partial charge is 0.329 e. The van der Waals surface area contributed by atoms with E-state index in [4.69, 9.17) is 0 Å². The number of benzene rings is 1. The summed E-state index contributed by atoms with van der Waals surface area (Å²) in [5.74, 6) is 0.493. The molecule has 4 rings (SSSR count). The second-order valence-electron chi connectivity index (χ2n) is 6.53. The van der Waals surface area contributed by atoms with Crippen LogP contribution in [0.1, 0.15) is 33.9 Å². The fraction of sp³-hybridized carbons (Fsp3) is 0.368. The van der Waals surface area contributed by atoms with Crippen LogP contribution in [0.3, 0.4) is 0 Å². The molecule has 0 saturated carbocycles. The molecular weight excluding hydrogens is 316 g/mol. The van der Waals surface area contributed by atoms with Gasteiger partial charge < -0.3 is 9.80 Å². The quantitative estimate of drug-likeness (QED) is 0.838. The van der Waals surface area contributed by atoms with Gasteiger partial charge in [0, 0.05) is 25.0 Å². The fourth-order valence-electron chi connectivity index (χ4n) is 3.59. The van der Waals surface area contributed by atoms with E-state index in [1.807, 2.05) is 25.1 Å². The van der Waals surface area contributed by atoms with Crippen molar-refractivity contribution < 1.29 is 9.59 Å². The number of anilines is 1. The molecule has 0 fully saturated rings. The van der Waals surface area contributed by atoms with Crippen LogP contribution in [0.5, 0.6) is 0 Å². The molecule has 0 N–H and O–H groups in total. The fourth-order valence-corrected chi connectivity index (χ4v) is 3.59. The maximum absolute atomic E-state index is 12.8. The van der Waals surface area contributed by atoms with Crippen LogP contribution in [-0.2, 0) is 17.6 Å². The summed E-state index contributed by atoms with van der Waals surface area (Å²) in [6.07, 6.45) is 4.00. The molecule has 1 aromatic heterocycles. The van der Waals surface area contributed by atoms with Gasteiger partial charge in [-0.05, 0) is 37.8 Å². The van der Waals surface area contributed by atoms with Crippen molar-refractivity contribution in [2.45, 2.75) is 26.2 Å². The van der Waals surface area contributed by atoms with Gasteiger partial charge in [0.2, 0.25) is 5.91 Å². The minimum absolute atomic E-state index is 0.0326.